The minimum atomic E-state index is -3.92. The molecule has 1 rings (SSSR count). The SMILES string of the molecule is C#CCN(C)S(=O)(=O)c1ccc(CO)cc1F. The summed E-state index contributed by atoms with van der Waals surface area (Å²) in [5.41, 5.74) is 0.307. The van der Waals surface area contributed by atoms with E-state index in [0.29, 0.717) is 5.56 Å². The van der Waals surface area contributed by atoms with E-state index in [4.69, 9.17) is 11.5 Å². The number of aliphatic hydroxyl groups is 1. The van der Waals surface area contributed by atoms with Gasteiger partial charge in [-0.1, -0.05) is 12.0 Å². The van der Waals surface area contributed by atoms with Gasteiger partial charge in [-0.05, 0) is 17.7 Å². The molecule has 0 amide bonds. The molecule has 1 aromatic rings. The summed E-state index contributed by atoms with van der Waals surface area (Å²) in [6.45, 7) is -0.485. The Bertz CT molecular complexity index is 548. The maximum Gasteiger partial charge on any atom is 0.246 e. The topological polar surface area (TPSA) is 57.6 Å². The van der Waals surface area contributed by atoms with E-state index in [2.05, 4.69) is 5.92 Å². The van der Waals surface area contributed by atoms with E-state index in [1.165, 1.54) is 13.1 Å². The van der Waals surface area contributed by atoms with E-state index in [9.17, 15) is 12.8 Å². The Hall–Kier alpha value is -1.42. The molecule has 1 aromatic carbocycles. The van der Waals surface area contributed by atoms with Crippen LogP contribution >= 0.6 is 0 Å². The van der Waals surface area contributed by atoms with Crippen LogP contribution in [0.25, 0.3) is 0 Å². The smallest absolute Gasteiger partial charge is 0.246 e. The Morgan fingerprint density at radius 2 is 2.18 bits per heavy atom. The lowest BCUT2D eigenvalue weighted by molar-refractivity contribution is 0.281. The summed E-state index contributed by atoms with van der Waals surface area (Å²) in [5, 5.41) is 8.80. The van der Waals surface area contributed by atoms with Crippen LogP contribution < -0.4 is 0 Å². The second-order valence-corrected chi connectivity index (χ2v) is 5.40. The van der Waals surface area contributed by atoms with Gasteiger partial charge in [-0.25, -0.2) is 12.8 Å². The van der Waals surface area contributed by atoms with Crippen LogP contribution in [0.5, 0.6) is 0 Å². The van der Waals surface area contributed by atoms with Gasteiger partial charge in [-0.2, -0.15) is 4.31 Å². The Morgan fingerprint density at radius 1 is 1.53 bits per heavy atom. The van der Waals surface area contributed by atoms with E-state index in [1.54, 1.807) is 0 Å². The van der Waals surface area contributed by atoms with Crippen molar-refractivity contribution in [3.63, 3.8) is 0 Å². The van der Waals surface area contributed by atoms with Crippen molar-refractivity contribution in [3.05, 3.63) is 29.6 Å². The largest absolute Gasteiger partial charge is 0.392 e. The van der Waals surface area contributed by atoms with Gasteiger partial charge in [-0.3, -0.25) is 0 Å². The fraction of sp³-hybridized carbons (Fsp3) is 0.273. The number of aliphatic hydroxyl groups excluding tert-OH is 1. The van der Waals surface area contributed by atoms with Gasteiger partial charge in [0, 0.05) is 7.05 Å². The van der Waals surface area contributed by atoms with Crippen molar-refractivity contribution in [1.29, 1.82) is 0 Å². The van der Waals surface area contributed by atoms with Crippen LogP contribution in [0.4, 0.5) is 4.39 Å². The number of terminal acetylenes is 1. The van der Waals surface area contributed by atoms with Gasteiger partial charge in [0.1, 0.15) is 10.7 Å². The number of halogens is 1. The van der Waals surface area contributed by atoms with Crippen LogP contribution in [0.3, 0.4) is 0 Å². The molecular formula is C11H12FNO3S. The molecule has 0 aliphatic heterocycles. The van der Waals surface area contributed by atoms with E-state index in [-0.39, 0.29) is 13.2 Å². The number of rotatable bonds is 4. The first kappa shape index (κ1) is 13.6. The summed E-state index contributed by atoms with van der Waals surface area (Å²) < 4.78 is 38.2. The third-order valence-corrected chi connectivity index (χ3v) is 4.02. The van der Waals surface area contributed by atoms with Crippen molar-refractivity contribution in [3.8, 4) is 12.3 Å². The third-order valence-electron chi connectivity index (χ3n) is 2.18. The van der Waals surface area contributed by atoms with Crippen molar-refractivity contribution < 1.29 is 17.9 Å². The monoisotopic (exact) mass is 257 g/mol. The highest BCUT2D eigenvalue weighted by molar-refractivity contribution is 7.89. The van der Waals surface area contributed by atoms with Crippen molar-refractivity contribution in [1.82, 2.24) is 4.31 Å². The van der Waals surface area contributed by atoms with Gasteiger partial charge in [-0.15, -0.1) is 6.42 Å². The normalized spacial score (nSPS) is 11.5. The summed E-state index contributed by atoms with van der Waals surface area (Å²) in [7, 11) is -2.65. The van der Waals surface area contributed by atoms with Crippen molar-refractivity contribution in [2.24, 2.45) is 0 Å². The Labute approximate surface area is 99.7 Å². The first-order chi connectivity index (χ1) is 7.93. The van der Waals surface area contributed by atoms with Crippen LogP contribution in [0.1, 0.15) is 5.56 Å². The molecule has 6 heteroatoms. The zero-order valence-electron chi connectivity index (χ0n) is 9.22. The van der Waals surface area contributed by atoms with Gasteiger partial charge in [0.15, 0.2) is 0 Å². The Balaban J connectivity index is 3.21. The van der Waals surface area contributed by atoms with Gasteiger partial charge < -0.3 is 5.11 Å². The maximum absolute atomic E-state index is 13.6. The molecule has 0 aliphatic rings. The van der Waals surface area contributed by atoms with Crippen molar-refractivity contribution >= 4 is 10.0 Å². The molecule has 17 heavy (non-hydrogen) atoms. The molecule has 0 saturated heterocycles. The Kier molecular flexibility index (Phi) is 4.23. The molecule has 1 N–H and O–H groups in total. The van der Waals surface area contributed by atoms with E-state index in [0.717, 1.165) is 16.4 Å². The lowest BCUT2D eigenvalue weighted by Crippen LogP contribution is -2.28. The highest BCUT2D eigenvalue weighted by Gasteiger charge is 2.23. The average Bonchev–Trinajstić information content (AvgIpc) is 2.28. The first-order valence-electron chi connectivity index (χ1n) is 4.72. The van der Waals surface area contributed by atoms with Gasteiger partial charge in [0.2, 0.25) is 10.0 Å². The van der Waals surface area contributed by atoms with Crippen LogP contribution in [-0.2, 0) is 16.6 Å². The summed E-state index contributed by atoms with van der Waals surface area (Å²) >= 11 is 0. The van der Waals surface area contributed by atoms with Gasteiger partial charge in [0.25, 0.3) is 0 Å². The number of benzene rings is 1. The zero-order chi connectivity index (χ0) is 13.1. The molecule has 0 radical (unpaired) electrons. The second-order valence-electron chi connectivity index (χ2n) is 3.39. The number of nitrogens with zero attached hydrogens (tertiary/aromatic N) is 1. The summed E-state index contributed by atoms with van der Waals surface area (Å²) in [5.74, 6) is 1.27. The van der Waals surface area contributed by atoms with Crippen molar-refractivity contribution in [2.75, 3.05) is 13.6 Å². The predicted molar refractivity (Wildman–Crippen MR) is 61.0 cm³/mol. The Morgan fingerprint density at radius 3 is 2.65 bits per heavy atom. The van der Waals surface area contributed by atoms with E-state index >= 15 is 0 Å². The standard InChI is InChI=1S/C11H12FNO3S/c1-3-6-13(2)17(15,16)11-5-4-9(8-14)7-10(11)12/h1,4-5,7,14H,6,8H2,2H3. The lowest BCUT2D eigenvalue weighted by atomic mass is 10.2. The molecule has 0 saturated carbocycles. The summed E-state index contributed by atoms with van der Waals surface area (Å²) in [6, 6.07) is 3.44. The average molecular weight is 257 g/mol. The maximum atomic E-state index is 13.6. The molecule has 0 heterocycles. The second kappa shape index (κ2) is 5.27. The minimum Gasteiger partial charge on any atom is -0.392 e. The first-order valence-corrected chi connectivity index (χ1v) is 6.16. The van der Waals surface area contributed by atoms with Gasteiger partial charge in [0.05, 0.1) is 13.2 Å². The lowest BCUT2D eigenvalue weighted by Gasteiger charge is -2.15. The predicted octanol–water partition coefficient (Wildman–Crippen LogP) is 0.572. The molecule has 0 unspecified atom stereocenters. The molecule has 0 aromatic heterocycles. The fourth-order valence-corrected chi connectivity index (χ4v) is 2.36. The van der Waals surface area contributed by atoms with Gasteiger partial charge >= 0.3 is 0 Å². The number of sulfonamides is 1. The summed E-state index contributed by atoms with van der Waals surface area (Å²) in [6.07, 6.45) is 5.00. The molecule has 92 valence electrons. The molecule has 0 bridgehead atoms. The molecule has 0 fully saturated rings. The molecule has 0 atom stereocenters. The van der Waals surface area contributed by atoms with Crippen LogP contribution in [0, 0.1) is 18.2 Å². The third kappa shape index (κ3) is 2.82. The highest BCUT2D eigenvalue weighted by Crippen LogP contribution is 2.19. The highest BCUT2D eigenvalue weighted by atomic mass is 32.2. The van der Waals surface area contributed by atoms with Crippen LogP contribution in [0.2, 0.25) is 0 Å². The quantitative estimate of drug-likeness (QED) is 0.802. The number of hydrogen-bond donors (Lipinski definition) is 1. The van der Waals surface area contributed by atoms with E-state index < -0.39 is 20.7 Å². The molecule has 0 aliphatic carbocycles. The molecule has 0 spiro atoms. The molecular weight excluding hydrogens is 245 g/mol. The molecule has 4 nitrogen and oxygen atoms in total. The minimum absolute atomic E-state index is 0.135. The zero-order valence-corrected chi connectivity index (χ0v) is 10.0. The van der Waals surface area contributed by atoms with Crippen LogP contribution in [0.15, 0.2) is 23.1 Å². The van der Waals surface area contributed by atoms with E-state index in [1.807, 2.05) is 0 Å². The van der Waals surface area contributed by atoms with Crippen molar-refractivity contribution in [2.45, 2.75) is 11.5 Å². The summed E-state index contributed by atoms with van der Waals surface area (Å²) in [4.78, 5) is -0.451. The number of hydrogen-bond acceptors (Lipinski definition) is 3. The van der Waals surface area contributed by atoms with Crippen LogP contribution in [-0.4, -0.2) is 31.4 Å². The fourth-order valence-electron chi connectivity index (χ4n) is 1.23.